The van der Waals surface area contributed by atoms with Crippen LogP contribution in [0.1, 0.15) is 29.8 Å². The topological polar surface area (TPSA) is 84.7 Å². The Morgan fingerprint density at radius 3 is 2.39 bits per heavy atom. The molecule has 0 aliphatic heterocycles. The van der Waals surface area contributed by atoms with Gasteiger partial charge in [-0.15, -0.1) is 3.89 Å². The maximum Gasteiger partial charge on any atom is 0.360 e. The predicted molar refractivity (Wildman–Crippen MR) is 104 cm³/mol. The molecular weight excluding hydrogens is 385 g/mol. The second-order valence-corrected chi connectivity index (χ2v) is 7.42. The molecule has 146 valence electrons. The zero-order valence-electron chi connectivity index (χ0n) is 15.3. The summed E-state index contributed by atoms with van der Waals surface area (Å²) in [5.74, 6) is -0.587. The van der Waals surface area contributed by atoms with E-state index in [2.05, 4.69) is 0 Å². The zero-order valence-corrected chi connectivity index (χ0v) is 16.1. The van der Waals surface area contributed by atoms with Crippen LogP contribution in [0.2, 0.25) is 0 Å². The van der Waals surface area contributed by atoms with Crippen molar-refractivity contribution < 1.29 is 21.5 Å². The predicted octanol–water partition coefficient (Wildman–Crippen LogP) is 3.53. The molecule has 1 aromatic heterocycles. The molecule has 1 heterocycles. The minimum absolute atomic E-state index is 0.0390. The Morgan fingerprint density at radius 2 is 1.75 bits per heavy atom. The molecule has 2 aromatic carbocycles. The number of carbonyl (C=O) groups is 1. The van der Waals surface area contributed by atoms with E-state index in [9.17, 15) is 21.9 Å². The Kier molecular flexibility index (Phi) is 5.33. The van der Waals surface area contributed by atoms with Gasteiger partial charge in [-0.25, -0.2) is 4.79 Å². The quantitative estimate of drug-likeness (QED) is 0.356. The number of rotatable bonds is 6. The molecule has 8 heteroatoms. The molecule has 0 amide bonds. The molecule has 0 radical (unpaired) electrons. The number of para-hydroxylation sites is 1. The van der Waals surface area contributed by atoms with Crippen LogP contribution in [0, 0.1) is 0 Å². The van der Waals surface area contributed by atoms with E-state index >= 15 is 0 Å². The van der Waals surface area contributed by atoms with Crippen molar-refractivity contribution in [2.75, 3.05) is 18.0 Å². The van der Waals surface area contributed by atoms with Gasteiger partial charge in [-0.2, -0.15) is 8.42 Å². The number of hydrogen-bond acceptors (Lipinski definition) is 6. The van der Waals surface area contributed by atoms with Crippen molar-refractivity contribution in [3.8, 4) is 0 Å². The lowest BCUT2D eigenvalue weighted by molar-refractivity contribution is 0.104. The largest absolute Gasteiger partial charge is 0.421 e. The normalized spacial score (nSPS) is 11.5. The minimum atomic E-state index is -4.97. The molecule has 0 saturated carbocycles. The number of anilines is 1. The maximum absolute atomic E-state index is 13.4. The van der Waals surface area contributed by atoms with Crippen molar-refractivity contribution in [1.29, 1.82) is 0 Å². The van der Waals surface area contributed by atoms with Crippen LogP contribution in [0.25, 0.3) is 11.0 Å². The van der Waals surface area contributed by atoms with Gasteiger partial charge >= 0.3 is 15.8 Å². The number of halogens is 1. The number of carbonyl (C=O) groups excluding carboxylic acids is 1. The van der Waals surface area contributed by atoms with Crippen LogP contribution in [0.4, 0.5) is 9.57 Å². The van der Waals surface area contributed by atoms with Gasteiger partial charge in [-0.05, 0) is 32.0 Å². The van der Waals surface area contributed by atoms with E-state index in [0.717, 1.165) is 12.1 Å². The highest BCUT2D eigenvalue weighted by atomic mass is 32.3. The van der Waals surface area contributed by atoms with E-state index in [0.29, 0.717) is 18.5 Å². The lowest BCUT2D eigenvalue weighted by Gasteiger charge is -2.23. The molecule has 6 nitrogen and oxygen atoms in total. The molecule has 0 spiro atoms. The van der Waals surface area contributed by atoms with Gasteiger partial charge < -0.3 is 9.32 Å². The lowest BCUT2D eigenvalue weighted by Crippen LogP contribution is -2.30. The lowest BCUT2D eigenvalue weighted by atomic mass is 9.98. The molecule has 3 aromatic rings. The molecule has 0 N–H and O–H groups in total. The van der Waals surface area contributed by atoms with Gasteiger partial charge in [0.1, 0.15) is 11.3 Å². The van der Waals surface area contributed by atoms with E-state index in [1.165, 1.54) is 12.1 Å². The van der Waals surface area contributed by atoms with Crippen LogP contribution in [0.15, 0.2) is 62.6 Å². The molecule has 0 fully saturated rings. The summed E-state index contributed by atoms with van der Waals surface area (Å²) in [6.07, 6.45) is 0. The summed E-state index contributed by atoms with van der Waals surface area (Å²) in [7, 11) is -4.97. The number of nitrogens with zero attached hydrogens (tertiary/aromatic N) is 1. The maximum atomic E-state index is 13.4. The van der Waals surface area contributed by atoms with E-state index in [-0.39, 0.29) is 22.4 Å². The van der Waals surface area contributed by atoms with Crippen molar-refractivity contribution in [2.24, 2.45) is 0 Å². The van der Waals surface area contributed by atoms with Gasteiger partial charge in [0.25, 0.3) is 0 Å². The number of hydrogen-bond donors (Lipinski definition) is 0. The fourth-order valence-electron chi connectivity index (χ4n) is 3.13. The minimum Gasteiger partial charge on any atom is -0.421 e. The van der Waals surface area contributed by atoms with Crippen LogP contribution in [0.3, 0.4) is 0 Å². The molecule has 28 heavy (non-hydrogen) atoms. The Morgan fingerprint density at radius 1 is 1.07 bits per heavy atom. The first-order valence-electron chi connectivity index (χ1n) is 8.68. The highest BCUT2D eigenvalue weighted by Crippen LogP contribution is 2.29. The van der Waals surface area contributed by atoms with Crippen molar-refractivity contribution in [2.45, 2.75) is 18.7 Å². The summed E-state index contributed by atoms with van der Waals surface area (Å²) in [6, 6.07) is 11.3. The standard InChI is InChI=1S/C20H18FNO5S/c1-3-22(4-2)18-17(15-10-5-6-11-16(15)27-20(18)24)19(23)13-8-7-9-14(12-13)28(21,25)26/h5-12H,3-4H2,1-2H3. The Hall–Kier alpha value is -3.00. The van der Waals surface area contributed by atoms with Gasteiger partial charge in [0.05, 0.1) is 10.5 Å². The summed E-state index contributed by atoms with van der Waals surface area (Å²) in [4.78, 5) is 27.1. The van der Waals surface area contributed by atoms with Crippen LogP contribution < -0.4 is 10.5 Å². The second kappa shape index (κ2) is 7.55. The van der Waals surface area contributed by atoms with Crippen molar-refractivity contribution in [3.05, 3.63) is 70.1 Å². The average molecular weight is 403 g/mol. The highest BCUT2D eigenvalue weighted by molar-refractivity contribution is 7.86. The first kappa shape index (κ1) is 19.8. The summed E-state index contributed by atoms with van der Waals surface area (Å²) in [6.45, 7) is 4.59. The summed E-state index contributed by atoms with van der Waals surface area (Å²) in [5, 5.41) is 0.419. The van der Waals surface area contributed by atoms with Gasteiger partial charge in [-0.1, -0.05) is 30.3 Å². The van der Waals surface area contributed by atoms with Crippen LogP contribution in [-0.4, -0.2) is 27.3 Å². The number of benzene rings is 2. The molecule has 0 atom stereocenters. The fraction of sp³-hybridized carbons (Fsp3) is 0.200. The molecule has 0 aliphatic carbocycles. The monoisotopic (exact) mass is 403 g/mol. The van der Waals surface area contributed by atoms with E-state index in [4.69, 9.17) is 4.42 Å². The van der Waals surface area contributed by atoms with Gasteiger partial charge in [0.15, 0.2) is 5.78 Å². The van der Waals surface area contributed by atoms with Gasteiger partial charge in [0, 0.05) is 24.0 Å². The van der Waals surface area contributed by atoms with E-state index < -0.39 is 26.5 Å². The summed E-state index contributed by atoms with van der Waals surface area (Å²) < 4.78 is 41.2. The molecule has 0 saturated heterocycles. The second-order valence-electron chi connectivity index (χ2n) is 6.08. The first-order valence-corrected chi connectivity index (χ1v) is 10.1. The first-order chi connectivity index (χ1) is 13.3. The third-order valence-electron chi connectivity index (χ3n) is 4.47. The molecule has 0 bridgehead atoms. The van der Waals surface area contributed by atoms with Crippen LogP contribution >= 0.6 is 0 Å². The fourth-order valence-corrected chi connectivity index (χ4v) is 3.64. The number of fused-ring (bicyclic) bond motifs is 1. The van der Waals surface area contributed by atoms with Gasteiger partial charge in [0.2, 0.25) is 0 Å². The van der Waals surface area contributed by atoms with Crippen molar-refractivity contribution in [3.63, 3.8) is 0 Å². The Bertz CT molecular complexity index is 1210. The summed E-state index contributed by atoms with van der Waals surface area (Å²) >= 11 is 0. The third-order valence-corrected chi connectivity index (χ3v) is 5.29. The Labute approximate surface area is 161 Å². The average Bonchev–Trinajstić information content (AvgIpc) is 2.68. The number of ketones is 1. The zero-order chi connectivity index (χ0) is 20.5. The van der Waals surface area contributed by atoms with Crippen molar-refractivity contribution >= 4 is 32.7 Å². The van der Waals surface area contributed by atoms with E-state index in [1.54, 1.807) is 29.2 Å². The SMILES string of the molecule is CCN(CC)c1c(C(=O)c2cccc(S(=O)(=O)F)c2)c2ccccc2oc1=O. The molecule has 0 unspecified atom stereocenters. The molecule has 3 rings (SSSR count). The highest BCUT2D eigenvalue weighted by Gasteiger charge is 2.25. The molecular formula is C20H18FNO5S. The summed E-state index contributed by atoms with van der Waals surface area (Å²) in [5.41, 5.74) is -0.268. The van der Waals surface area contributed by atoms with Crippen molar-refractivity contribution in [1.82, 2.24) is 0 Å². The third kappa shape index (κ3) is 3.55. The van der Waals surface area contributed by atoms with E-state index in [1.807, 2.05) is 13.8 Å². The van der Waals surface area contributed by atoms with Crippen LogP contribution in [-0.2, 0) is 10.2 Å². The smallest absolute Gasteiger partial charge is 0.360 e. The van der Waals surface area contributed by atoms with Crippen LogP contribution in [0.5, 0.6) is 0 Å². The molecule has 0 aliphatic rings. The van der Waals surface area contributed by atoms with Gasteiger partial charge in [-0.3, -0.25) is 4.79 Å². The Balaban J connectivity index is 2.34.